The molecule has 2 aromatic rings. The first-order chi connectivity index (χ1) is 11.2. The zero-order valence-electron chi connectivity index (χ0n) is 13.3. The summed E-state index contributed by atoms with van der Waals surface area (Å²) < 4.78 is 10.7. The summed E-state index contributed by atoms with van der Waals surface area (Å²) in [6, 6.07) is 7.92. The molecule has 0 aliphatic carbocycles. The summed E-state index contributed by atoms with van der Waals surface area (Å²) in [6.07, 6.45) is 1.55. The average molecular weight is 313 g/mol. The van der Waals surface area contributed by atoms with Gasteiger partial charge in [-0.25, -0.2) is 4.98 Å². The molecule has 1 amide bonds. The number of amides is 1. The Morgan fingerprint density at radius 1 is 1.39 bits per heavy atom. The topological polar surface area (TPSA) is 64.6 Å². The van der Waals surface area contributed by atoms with E-state index in [1.807, 2.05) is 31.2 Å². The van der Waals surface area contributed by atoms with Gasteiger partial charge in [-0.2, -0.15) is 4.98 Å². The van der Waals surface area contributed by atoms with Crippen molar-refractivity contribution < 1.29 is 14.3 Å². The number of hydrogen-bond acceptors (Lipinski definition) is 5. The Kier molecular flexibility index (Phi) is 4.52. The van der Waals surface area contributed by atoms with Crippen molar-refractivity contribution in [3.05, 3.63) is 41.6 Å². The van der Waals surface area contributed by atoms with E-state index in [1.165, 1.54) is 0 Å². The van der Waals surface area contributed by atoms with Gasteiger partial charge in [-0.15, -0.1) is 0 Å². The first-order valence-corrected chi connectivity index (χ1v) is 7.54. The molecule has 1 aliphatic heterocycles. The highest BCUT2D eigenvalue weighted by Crippen LogP contribution is 2.24. The third-order valence-electron chi connectivity index (χ3n) is 3.71. The zero-order chi connectivity index (χ0) is 16.2. The number of carbonyl (C=O) groups excluding carboxylic acids is 1. The zero-order valence-corrected chi connectivity index (χ0v) is 13.3. The lowest BCUT2D eigenvalue weighted by atomic mass is 10.1. The molecular weight excluding hydrogens is 294 g/mol. The minimum absolute atomic E-state index is 0.120. The molecule has 1 aromatic carbocycles. The molecule has 1 aliphatic rings. The molecular formula is C17H19N3O3. The molecule has 0 unspecified atom stereocenters. The van der Waals surface area contributed by atoms with Crippen molar-refractivity contribution in [3.63, 3.8) is 0 Å². The number of fused-ring (bicyclic) bond motifs is 1. The van der Waals surface area contributed by atoms with Gasteiger partial charge in [0.25, 0.3) is 5.91 Å². The van der Waals surface area contributed by atoms with Crippen LogP contribution in [0.15, 0.2) is 30.5 Å². The summed E-state index contributed by atoms with van der Waals surface area (Å²) in [4.78, 5) is 23.0. The predicted molar refractivity (Wildman–Crippen MR) is 85.5 cm³/mol. The van der Waals surface area contributed by atoms with Crippen molar-refractivity contribution in [3.8, 4) is 17.3 Å². The second-order valence-corrected chi connectivity index (χ2v) is 5.42. The molecule has 0 spiro atoms. The third kappa shape index (κ3) is 3.32. The normalized spacial score (nSPS) is 14.2. The van der Waals surface area contributed by atoms with Gasteiger partial charge in [0.2, 0.25) is 5.88 Å². The Labute approximate surface area is 135 Å². The molecule has 0 fully saturated rings. The SMILES string of the molecule is COCCN1CCOc2nc(-c3cccc(C)c3)ncc2C1=O. The minimum Gasteiger partial charge on any atom is -0.475 e. The molecule has 23 heavy (non-hydrogen) atoms. The molecule has 0 saturated carbocycles. The second kappa shape index (κ2) is 6.75. The standard InChI is InChI=1S/C17H19N3O3/c1-12-4-3-5-13(10-12)15-18-11-14-16(19-15)23-9-7-20(17(14)21)6-8-22-2/h3-5,10-11H,6-9H2,1-2H3. The number of methoxy groups -OCH3 is 1. The van der Waals surface area contributed by atoms with Crippen LogP contribution in [-0.2, 0) is 4.74 Å². The van der Waals surface area contributed by atoms with Crippen molar-refractivity contribution in [2.45, 2.75) is 6.92 Å². The van der Waals surface area contributed by atoms with Gasteiger partial charge >= 0.3 is 0 Å². The lowest BCUT2D eigenvalue weighted by molar-refractivity contribution is 0.0693. The van der Waals surface area contributed by atoms with E-state index in [0.29, 0.717) is 43.6 Å². The van der Waals surface area contributed by atoms with E-state index in [9.17, 15) is 4.79 Å². The predicted octanol–water partition coefficient (Wildman–Crippen LogP) is 1.93. The number of hydrogen-bond donors (Lipinski definition) is 0. The molecule has 0 atom stereocenters. The summed E-state index contributed by atoms with van der Waals surface area (Å²) in [6.45, 7) is 3.95. The van der Waals surface area contributed by atoms with Gasteiger partial charge in [0.15, 0.2) is 5.82 Å². The van der Waals surface area contributed by atoms with Gasteiger partial charge in [0.05, 0.1) is 13.2 Å². The molecule has 120 valence electrons. The van der Waals surface area contributed by atoms with Crippen LogP contribution in [0.3, 0.4) is 0 Å². The highest BCUT2D eigenvalue weighted by molar-refractivity contribution is 5.96. The van der Waals surface area contributed by atoms with Crippen LogP contribution < -0.4 is 4.74 Å². The van der Waals surface area contributed by atoms with Crippen molar-refractivity contribution >= 4 is 5.91 Å². The van der Waals surface area contributed by atoms with Gasteiger partial charge in [-0.1, -0.05) is 23.8 Å². The molecule has 0 bridgehead atoms. The van der Waals surface area contributed by atoms with E-state index in [0.717, 1.165) is 11.1 Å². The summed E-state index contributed by atoms with van der Waals surface area (Å²) >= 11 is 0. The Morgan fingerprint density at radius 3 is 3.04 bits per heavy atom. The van der Waals surface area contributed by atoms with Crippen LogP contribution >= 0.6 is 0 Å². The molecule has 0 radical (unpaired) electrons. The van der Waals surface area contributed by atoms with Crippen LogP contribution in [0.2, 0.25) is 0 Å². The fourth-order valence-corrected chi connectivity index (χ4v) is 2.49. The Bertz CT molecular complexity index is 718. The molecule has 1 aromatic heterocycles. The minimum atomic E-state index is -0.120. The largest absolute Gasteiger partial charge is 0.475 e. The smallest absolute Gasteiger partial charge is 0.261 e. The highest BCUT2D eigenvalue weighted by atomic mass is 16.5. The maximum atomic E-state index is 12.6. The number of rotatable bonds is 4. The molecule has 2 heterocycles. The van der Waals surface area contributed by atoms with E-state index in [4.69, 9.17) is 9.47 Å². The number of benzene rings is 1. The number of carbonyl (C=O) groups is 1. The van der Waals surface area contributed by atoms with Crippen molar-refractivity contribution in [2.24, 2.45) is 0 Å². The fraction of sp³-hybridized carbons (Fsp3) is 0.353. The summed E-state index contributed by atoms with van der Waals surface area (Å²) in [5.74, 6) is 0.789. The van der Waals surface area contributed by atoms with E-state index in [2.05, 4.69) is 9.97 Å². The van der Waals surface area contributed by atoms with E-state index >= 15 is 0 Å². The molecule has 6 heteroatoms. The first kappa shape index (κ1) is 15.4. The van der Waals surface area contributed by atoms with Crippen molar-refractivity contribution in [1.82, 2.24) is 14.9 Å². The van der Waals surface area contributed by atoms with Crippen LogP contribution in [-0.4, -0.2) is 54.2 Å². The van der Waals surface area contributed by atoms with Crippen LogP contribution in [0.4, 0.5) is 0 Å². The first-order valence-electron chi connectivity index (χ1n) is 7.54. The van der Waals surface area contributed by atoms with Gasteiger partial charge in [-0.3, -0.25) is 4.79 Å². The number of nitrogens with zero attached hydrogens (tertiary/aromatic N) is 3. The molecule has 6 nitrogen and oxygen atoms in total. The van der Waals surface area contributed by atoms with Crippen molar-refractivity contribution in [1.29, 1.82) is 0 Å². The average Bonchev–Trinajstić information content (AvgIpc) is 2.72. The maximum Gasteiger partial charge on any atom is 0.261 e. The molecule has 0 N–H and O–H groups in total. The lowest BCUT2D eigenvalue weighted by Gasteiger charge is -2.18. The van der Waals surface area contributed by atoms with E-state index < -0.39 is 0 Å². The van der Waals surface area contributed by atoms with Crippen molar-refractivity contribution in [2.75, 3.05) is 33.4 Å². The summed E-state index contributed by atoms with van der Waals surface area (Å²) in [7, 11) is 1.62. The fourth-order valence-electron chi connectivity index (χ4n) is 2.49. The van der Waals surface area contributed by atoms with Gasteiger partial charge in [-0.05, 0) is 13.0 Å². The second-order valence-electron chi connectivity index (χ2n) is 5.42. The Balaban J connectivity index is 1.91. The maximum absolute atomic E-state index is 12.6. The number of aromatic nitrogens is 2. The quantitative estimate of drug-likeness (QED) is 0.863. The Morgan fingerprint density at radius 2 is 2.26 bits per heavy atom. The number of aryl methyl sites for hydroxylation is 1. The van der Waals surface area contributed by atoms with Crippen LogP contribution in [0.1, 0.15) is 15.9 Å². The summed E-state index contributed by atoms with van der Waals surface area (Å²) in [5, 5.41) is 0. The van der Waals surface area contributed by atoms with Gasteiger partial charge < -0.3 is 14.4 Å². The third-order valence-corrected chi connectivity index (χ3v) is 3.71. The van der Waals surface area contributed by atoms with Crippen LogP contribution in [0.5, 0.6) is 5.88 Å². The van der Waals surface area contributed by atoms with Gasteiger partial charge in [0.1, 0.15) is 12.2 Å². The summed E-state index contributed by atoms with van der Waals surface area (Å²) in [5.41, 5.74) is 2.43. The van der Waals surface area contributed by atoms with Crippen LogP contribution in [0, 0.1) is 6.92 Å². The monoisotopic (exact) mass is 313 g/mol. The lowest BCUT2D eigenvalue weighted by Crippen LogP contribution is -2.35. The van der Waals surface area contributed by atoms with E-state index in [1.54, 1.807) is 18.2 Å². The molecule has 0 saturated heterocycles. The van der Waals surface area contributed by atoms with Crippen LogP contribution in [0.25, 0.3) is 11.4 Å². The highest BCUT2D eigenvalue weighted by Gasteiger charge is 2.25. The van der Waals surface area contributed by atoms with Gasteiger partial charge in [0, 0.05) is 25.4 Å². The molecule has 3 rings (SSSR count). The Hall–Kier alpha value is -2.47. The van der Waals surface area contributed by atoms with E-state index in [-0.39, 0.29) is 5.91 Å². The number of ether oxygens (including phenoxy) is 2.